The van der Waals surface area contributed by atoms with E-state index < -0.39 is 5.97 Å². The first-order valence-electron chi connectivity index (χ1n) is 7.45. The number of nitrogens with zero attached hydrogens (tertiary/aromatic N) is 2. The maximum atomic E-state index is 11.5. The molecule has 0 bridgehead atoms. The van der Waals surface area contributed by atoms with Crippen molar-refractivity contribution in [3.05, 3.63) is 23.8 Å². The smallest absolute Gasteiger partial charge is 0.337 e. The summed E-state index contributed by atoms with van der Waals surface area (Å²) < 4.78 is 0. The molecule has 0 aromatic heterocycles. The highest BCUT2D eigenvalue weighted by molar-refractivity contribution is 5.98. The number of benzene rings is 1. The average molecular weight is 307 g/mol. The van der Waals surface area contributed by atoms with Gasteiger partial charge in [0, 0.05) is 31.7 Å². The minimum Gasteiger partial charge on any atom is -0.478 e. The fourth-order valence-corrected chi connectivity index (χ4v) is 2.08. The molecule has 0 saturated heterocycles. The second kappa shape index (κ2) is 8.38. The first-order chi connectivity index (χ1) is 10.4. The van der Waals surface area contributed by atoms with Crippen molar-refractivity contribution in [3.8, 4) is 0 Å². The van der Waals surface area contributed by atoms with E-state index in [4.69, 9.17) is 0 Å². The number of aromatic carboxylic acids is 1. The van der Waals surface area contributed by atoms with Crippen LogP contribution in [0.5, 0.6) is 0 Å². The summed E-state index contributed by atoms with van der Waals surface area (Å²) in [6.45, 7) is 6.04. The number of carbonyl (C=O) groups excluding carboxylic acids is 1. The molecule has 122 valence electrons. The lowest BCUT2D eigenvalue weighted by molar-refractivity contribution is -0.115. The molecule has 1 aromatic rings. The van der Waals surface area contributed by atoms with Gasteiger partial charge in [-0.3, -0.25) is 4.79 Å². The molecule has 0 unspecified atom stereocenters. The third kappa shape index (κ3) is 5.04. The van der Waals surface area contributed by atoms with Crippen LogP contribution in [0.1, 0.15) is 30.6 Å². The highest BCUT2D eigenvalue weighted by Crippen LogP contribution is 2.24. The number of hydrogen-bond donors (Lipinski definition) is 2. The third-order valence-electron chi connectivity index (χ3n) is 3.37. The van der Waals surface area contributed by atoms with Crippen molar-refractivity contribution in [3.63, 3.8) is 0 Å². The van der Waals surface area contributed by atoms with Crippen LogP contribution in [0.4, 0.5) is 11.4 Å². The van der Waals surface area contributed by atoms with Gasteiger partial charge >= 0.3 is 5.97 Å². The maximum Gasteiger partial charge on any atom is 0.337 e. The number of amides is 1. The Hall–Kier alpha value is -2.08. The van der Waals surface area contributed by atoms with Gasteiger partial charge in [-0.15, -0.1) is 0 Å². The number of carbonyl (C=O) groups is 2. The van der Waals surface area contributed by atoms with E-state index in [1.165, 1.54) is 6.07 Å². The minimum absolute atomic E-state index is 0.135. The number of rotatable bonds is 8. The second-order valence-electron chi connectivity index (χ2n) is 5.32. The van der Waals surface area contributed by atoms with Crippen molar-refractivity contribution in [2.45, 2.75) is 20.3 Å². The number of hydrogen-bond acceptors (Lipinski definition) is 4. The Bertz CT molecular complexity index is 529. The SMILES string of the molecule is CCC(=O)Nc1ccc(N(CC)CCN(C)C)c(C(=O)O)c1. The van der Waals surface area contributed by atoms with Crippen molar-refractivity contribution < 1.29 is 14.7 Å². The molecule has 0 radical (unpaired) electrons. The summed E-state index contributed by atoms with van der Waals surface area (Å²) in [5.74, 6) is -1.13. The predicted octanol–water partition coefficient (Wildman–Crippen LogP) is 2.12. The van der Waals surface area contributed by atoms with Gasteiger partial charge < -0.3 is 20.2 Å². The van der Waals surface area contributed by atoms with Gasteiger partial charge in [0.1, 0.15) is 0 Å². The van der Waals surface area contributed by atoms with E-state index in [1.54, 1.807) is 19.1 Å². The fraction of sp³-hybridized carbons (Fsp3) is 0.500. The average Bonchev–Trinajstić information content (AvgIpc) is 2.48. The van der Waals surface area contributed by atoms with Gasteiger partial charge in [0.2, 0.25) is 5.91 Å². The Morgan fingerprint density at radius 1 is 1.18 bits per heavy atom. The molecule has 0 saturated carbocycles. The van der Waals surface area contributed by atoms with E-state index in [0.717, 1.165) is 19.6 Å². The zero-order valence-corrected chi connectivity index (χ0v) is 13.7. The molecule has 6 nitrogen and oxygen atoms in total. The normalized spacial score (nSPS) is 10.6. The van der Waals surface area contributed by atoms with E-state index >= 15 is 0 Å². The first-order valence-corrected chi connectivity index (χ1v) is 7.45. The number of anilines is 2. The summed E-state index contributed by atoms with van der Waals surface area (Å²) in [7, 11) is 3.96. The van der Waals surface area contributed by atoms with Crippen LogP contribution in [0.3, 0.4) is 0 Å². The van der Waals surface area contributed by atoms with Gasteiger partial charge in [-0.05, 0) is 39.2 Å². The van der Waals surface area contributed by atoms with Gasteiger partial charge in [-0.2, -0.15) is 0 Å². The Labute approximate surface area is 131 Å². The minimum atomic E-state index is -0.995. The molecular formula is C16H25N3O3. The lowest BCUT2D eigenvalue weighted by Gasteiger charge is -2.26. The molecule has 1 rings (SSSR count). The highest BCUT2D eigenvalue weighted by atomic mass is 16.4. The van der Waals surface area contributed by atoms with Crippen LogP contribution in [-0.2, 0) is 4.79 Å². The summed E-state index contributed by atoms with van der Waals surface area (Å²) in [4.78, 5) is 27.1. The highest BCUT2D eigenvalue weighted by Gasteiger charge is 2.16. The van der Waals surface area contributed by atoms with Crippen LogP contribution in [0.25, 0.3) is 0 Å². The van der Waals surface area contributed by atoms with Crippen LogP contribution in [0, 0.1) is 0 Å². The molecule has 0 spiro atoms. The van der Waals surface area contributed by atoms with Gasteiger partial charge in [0.05, 0.1) is 11.3 Å². The van der Waals surface area contributed by atoms with Crippen LogP contribution in [0.15, 0.2) is 18.2 Å². The summed E-state index contributed by atoms with van der Waals surface area (Å²) in [6.07, 6.45) is 0.355. The van der Waals surface area contributed by atoms with E-state index in [2.05, 4.69) is 10.2 Å². The van der Waals surface area contributed by atoms with Gasteiger partial charge in [-0.1, -0.05) is 6.92 Å². The fourth-order valence-electron chi connectivity index (χ4n) is 2.08. The van der Waals surface area contributed by atoms with Crippen LogP contribution in [0.2, 0.25) is 0 Å². The van der Waals surface area contributed by atoms with Gasteiger partial charge in [0.25, 0.3) is 0 Å². The van der Waals surface area contributed by atoms with Crippen molar-refractivity contribution in [1.82, 2.24) is 4.90 Å². The van der Waals surface area contributed by atoms with Crippen LogP contribution < -0.4 is 10.2 Å². The molecule has 1 aromatic carbocycles. The summed E-state index contributed by atoms with van der Waals surface area (Å²) in [5.41, 5.74) is 1.39. The summed E-state index contributed by atoms with van der Waals surface area (Å²) in [5, 5.41) is 12.1. The van der Waals surface area contributed by atoms with E-state index in [1.807, 2.05) is 25.9 Å². The molecule has 6 heteroatoms. The molecule has 0 fully saturated rings. The van der Waals surface area contributed by atoms with Gasteiger partial charge in [0.15, 0.2) is 0 Å². The zero-order chi connectivity index (χ0) is 16.7. The van der Waals surface area contributed by atoms with Gasteiger partial charge in [-0.25, -0.2) is 4.79 Å². The second-order valence-corrected chi connectivity index (χ2v) is 5.32. The molecule has 0 aliphatic carbocycles. The molecule has 0 atom stereocenters. The zero-order valence-electron chi connectivity index (χ0n) is 13.7. The van der Waals surface area contributed by atoms with Crippen molar-refractivity contribution in [2.24, 2.45) is 0 Å². The van der Waals surface area contributed by atoms with E-state index in [0.29, 0.717) is 17.8 Å². The summed E-state index contributed by atoms with van der Waals surface area (Å²) >= 11 is 0. The lowest BCUT2D eigenvalue weighted by Crippen LogP contribution is -2.32. The Morgan fingerprint density at radius 3 is 2.36 bits per heavy atom. The molecule has 0 heterocycles. The molecule has 22 heavy (non-hydrogen) atoms. The maximum absolute atomic E-state index is 11.5. The standard InChI is InChI=1S/C16H25N3O3/c1-5-15(20)17-12-7-8-14(13(11-12)16(21)22)19(6-2)10-9-18(3)4/h7-8,11H,5-6,9-10H2,1-4H3,(H,17,20)(H,21,22). The lowest BCUT2D eigenvalue weighted by atomic mass is 10.1. The molecular weight excluding hydrogens is 282 g/mol. The quantitative estimate of drug-likeness (QED) is 0.769. The number of nitrogens with one attached hydrogen (secondary N) is 1. The number of carboxylic acid groups (broad SMARTS) is 1. The third-order valence-corrected chi connectivity index (χ3v) is 3.37. The number of carboxylic acids is 1. The Balaban J connectivity index is 3.07. The molecule has 0 aliphatic rings. The summed E-state index contributed by atoms with van der Waals surface area (Å²) in [6, 6.07) is 5.02. The van der Waals surface area contributed by atoms with E-state index in [-0.39, 0.29) is 11.5 Å². The van der Waals surface area contributed by atoms with Crippen LogP contribution >= 0.6 is 0 Å². The largest absolute Gasteiger partial charge is 0.478 e. The molecule has 1 amide bonds. The number of likely N-dealkylation sites (N-methyl/N-ethyl adjacent to an activating group) is 2. The van der Waals surface area contributed by atoms with Crippen molar-refractivity contribution in [1.29, 1.82) is 0 Å². The first kappa shape index (κ1) is 18.0. The Kier molecular flexibility index (Phi) is 6.85. The monoisotopic (exact) mass is 307 g/mol. The van der Waals surface area contributed by atoms with Crippen molar-refractivity contribution in [2.75, 3.05) is 43.9 Å². The topological polar surface area (TPSA) is 72.9 Å². The van der Waals surface area contributed by atoms with E-state index in [9.17, 15) is 14.7 Å². The van der Waals surface area contributed by atoms with Crippen molar-refractivity contribution >= 4 is 23.3 Å². The molecule has 2 N–H and O–H groups in total. The Morgan fingerprint density at radius 2 is 1.86 bits per heavy atom. The molecule has 0 aliphatic heterocycles. The van der Waals surface area contributed by atoms with Crippen LogP contribution in [-0.4, -0.2) is 55.6 Å². The predicted molar refractivity (Wildman–Crippen MR) is 88.8 cm³/mol.